The molecule has 4 nitrogen and oxygen atoms in total. The molecule has 1 aliphatic rings. The van der Waals surface area contributed by atoms with Crippen molar-refractivity contribution in [2.75, 3.05) is 27.9 Å². The first-order valence-corrected chi connectivity index (χ1v) is 7.50. The van der Waals surface area contributed by atoms with Gasteiger partial charge in [-0.05, 0) is 18.4 Å². The van der Waals surface area contributed by atoms with Gasteiger partial charge in [0.1, 0.15) is 6.61 Å². The maximum atomic E-state index is 6.19. The van der Waals surface area contributed by atoms with Gasteiger partial charge in [-0.25, -0.2) is 0 Å². The molecule has 0 unspecified atom stereocenters. The van der Waals surface area contributed by atoms with Crippen LogP contribution in [0.15, 0.2) is 30.3 Å². The summed E-state index contributed by atoms with van der Waals surface area (Å²) in [6, 6.07) is 10.5. The van der Waals surface area contributed by atoms with Gasteiger partial charge in [0.05, 0.1) is 12.2 Å². The Balaban J connectivity index is 1.97. The Kier molecular flexibility index (Phi) is 6.18. The van der Waals surface area contributed by atoms with Gasteiger partial charge in [-0.1, -0.05) is 30.3 Å². The minimum atomic E-state index is -0.685. The average Bonchev–Trinajstić information content (AvgIpc) is 2.54. The number of rotatable bonds is 7. The van der Waals surface area contributed by atoms with Gasteiger partial charge in [0.25, 0.3) is 0 Å². The number of hydrogen-bond acceptors (Lipinski definition) is 4. The molecule has 0 aliphatic carbocycles. The van der Waals surface area contributed by atoms with E-state index in [1.165, 1.54) is 5.56 Å². The van der Waals surface area contributed by atoms with Gasteiger partial charge in [0, 0.05) is 34.2 Å². The molecule has 0 saturated carbocycles. The van der Waals surface area contributed by atoms with Crippen LogP contribution in [0, 0.1) is 0 Å². The van der Waals surface area contributed by atoms with Crippen LogP contribution in [-0.2, 0) is 25.4 Å². The Labute approximate surface area is 127 Å². The fourth-order valence-electron chi connectivity index (χ4n) is 2.96. The van der Waals surface area contributed by atoms with Gasteiger partial charge >= 0.3 is 0 Å². The second-order valence-corrected chi connectivity index (χ2v) is 5.61. The number of benzene rings is 1. The fourth-order valence-corrected chi connectivity index (χ4v) is 2.96. The van der Waals surface area contributed by atoms with E-state index in [1.807, 2.05) is 6.07 Å². The molecule has 0 bridgehead atoms. The first kappa shape index (κ1) is 16.4. The van der Waals surface area contributed by atoms with Crippen LogP contribution in [0.4, 0.5) is 0 Å². The first-order chi connectivity index (χ1) is 10.2. The zero-order valence-corrected chi connectivity index (χ0v) is 13.2. The van der Waals surface area contributed by atoms with E-state index >= 15 is 0 Å². The van der Waals surface area contributed by atoms with E-state index in [0.717, 1.165) is 19.3 Å². The molecule has 0 aromatic heterocycles. The van der Waals surface area contributed by atoms with E-state index in [2.05, 4.69) is 24.3 Å². The summed E-state index contributed by atoms with van der Waals surface area (Å²) < 4.78 is 22.6. The normalized spacial score (nSPS) is 29.5. The van der Waals surface area contributed by atoms with Crippen LogP contribution < -0.4 is 0 Å². The molecule has 0 spiro atoms. The maximum absolute atomic E-state index is 6.19. The Morgan fingerprint density at radius 2 is 1.95 bits per heavy atom. The third-order valence-corrected chi connectivity index (χ3v) is 4.11. The van der Waals surface area contributed by atoms with E-state index in [-0.39, 0.29) is 12.2 Å². The van der Waals surface area contributed by atoms with E-state index < -0.39 is 5.79 Å². The average molecular weight is 294 g/mol. The van der Waals surface area contributed by atoms with Crippen molar-refractivity contribution >= 4 is 0 Å². The molecule has 1 saturated heterocycles. The lowest BCUT2D eigenvalue weighted by molar-refractivity contribution is -0.303. The minimum Gasteiger partial charge on any atom is -0.381 e. The second-order valence-electron chi connectivity index (χ2n) is 5.61. The zero-order chi connectivity index (χ0) is 15.1. The largest absolute Gasteiger partial charge is 0.381 e. The Morgan fingerprint density at radius 3 is 2.57 bits per heavy atom. The molecule has 1 aromatic carbocycles. The summed E-state index contributed by atoms with van der Waals surface area (Å²) in [4.78, 5) is 0. The van der Waals surface area contributed by atoms with E-state index in [9.17, 15) is 0 Å². The number of methoxy groups -OCH3 is 3. The summed E-state index contributed by atoms with van der Waals surface area (Å²) in [5.74, 6) is -0.685. The highest BCUT2D eigenvalue weighted by atomic mass is 16.7. The molecule has 1 fully saturated rings. The molecule has 1 aromatic rings. The lowest BCUT2D eigenvalue weighted by Gasteiger charge is -2.42. The van der Waals surface area contributed by atoms with E-state index in [4.69, 9.17) is 18.9 Å². The fraction of sp³-hybridized carbons (Fsp3) is 0.647. The predicted molar refractivity (Wildman–Crippen MR) is 81.3 cm³/mol. The zero-order valence-electron chi connectivity index (χ0n) is 13.2. The van der Waals surface area contributed by atoms with Gasteiger partial charge < -0.3 is 18.9 Å². The molecule has 0 radical (unpaired) electrons. The first-order valence-electron chi connectivity index (χ1n) is 7.50. The molecule has 2 rings (SSSR count). The summed E-state index contributed by atoms with van der Waals surface area (Å²) >= 11 is 0. The third-order valence-electron chi connectivity index (χ3n) is 4.11. The van der Waals surface area contributed by atoms with Crippen molar-refractivity contribution < 1.29 is 18.9 Å². The minimum absolute atomic E-state index is 0.124. The van der Waals surface area contributed by atoms with Gasteiger partial charge in [-0.15, -0.1) is 0 Å². The van der Waals surface area contributed by atoms with Gasteiger partial charge in [-0.3, -0.25) is 0 Å². The Morgan fingerprint density at radius 1 is 1.19 bits per heavy atom. The van der Waals surface area contributed by atoms with Crippen LogP contribution in [-0.4, -0.2) is 45.9 Å². The number of ether oxygens (including phenoxy) is 4. The van der Waals surface area contributed by atoms with Crippen molar-refractivity contribution in [2.24, 2.45) is 0 Å². The quantitative estimate of drug-likeness (QED) is 0.775. The number of hydrogen-bond donors (Lipinski definition) is 0. The van der Waals surface area contributed by atoms with Gasteiger partial charge in [-0.2, -0.15) is 0 Å². The molecule has 118 valence electrons. The standard InChI is InChI=1S/C17H26O4/c1-18-13-17(20-3)12-16(19-2)11-15(21-17)10-9-14-7-5-4-6-8-14/h4-8,15-16H,9-13H2,1-3H3/t15-,16+,17-/m1/s1. The van der Waals surface area contributed by atoms with E-state index in [1.54, 1.807) is 21.3 Å². The summed E-state index contributed by atoms with van der Waals surface area (Å²) in [7, 11) is 5.09. The molecule has 0 N–H and O–H groups in total. The lowest BCUT2D eigenvalue weighted by atomic mass is 9.94. The molecule has 4 heteroatoms. The SMILES string of the molecule is COC[C@@]1(OC)C[C@@H](OC)C[C@@H](CCc2ccccc2)O1. The predicted octanol–water partition coefficient (Wildman–Crippen LogP) is 2.80. The van der Waals surface area contributed by atoms with Crippen LogP contribution in [0.5, 0.6) is 0 Å². The highest BCUT2D eigenvalue weighted by molar-refractivity contribution is 5.14. The molecule has 1 heterocycles. The maximum Gasteiger partial charge on any atom is 0.194 e. The smallest absolute Gasteiger partial charge is 0.194 e. The van der Waals surface area contributed by atoms with Crippen LogP contribution >= 0.6 is 0 Å². The van der Waals surface area contributed by atoms with Gasteiger partial charge in [0.2, 0.25) is 0 Å². The van der Waals surface area contributed by atoms with Crippen LogP contribution in [0.2, 0.25) is 0 Å². The Bertz CT molecular complexity index is 409. The van der Waals surface area contributed by atoms with Crippen LogP contribution in [0.3, 0.4) is 0 Å². The second kappa shape index (κ2) is 7.90. The molecular weight excluding hydrogens is 268 g/mol. The summed E-state index contributed by atoms with van der Waals surface area (Å²) in [6.45, 7) is 0.422. The highest BCUT2D eigenvalue weighted by Gasteiger charge is 2.42. The lowest BCUT2D eigenvalue weighted by Crippen LogP contribution is -2.51. The summed E-state index contributed by atoms with van der Waals surface area (Å²) in [5, 5.41) is 0. The highest BCUT2D eigenvalue weighted by Crippen LogP contribution is 2.33. The van der Waals surface area contributed by atoms with E-state index in [0.29, 0.717) is 13.0 Å². The van der Waals surface area contributed by atoms with Crippen molar-refractivity contribution in [1.29, 1.82) is 0 Å². The number of aryl methyl sites for hydroxylation is 1. The Hall–Kier alpha value is -0.940. The molecule has 1 aliphatic heterocycles. The third kappa shape index (κ3) is 4.51. The van der Waals surface area contributed by atoms with Crippen molar-refractivity contribution in [3.05, 3.63) is 35.9 Å². The molecule has 21 heavy (non-hydrogen) atoms. The summed E-state index contributed by atoms with van der Waals surface area (Å²) in [6.07, 6.45) is 3.83. The molecule has 0 amide bonds. The topological polar surface area (TPSA) is 36.9 Å². The molecular formula is C17H26O4. The summed E-state index contributed by atoms with van der Waals surface area (Å²) in [5.41, 5.74) is 1.33. The van der Waals surface area contributed by atoms with Crippen LogP contribution in [0.25, 0.3) is 0 Å². The van der Waals surface area contributed by atoms with Crippen molar-refractivity contribution in [2.45, 2.75) is 43.7 Å². The monoisotopic (exact) mass is 294 g/mol. The van der Waals surface area contributed by atoms with Crippen molar-refractivity contribution in [3.63, 3.8) is 0 Å². The van der Waals surface area contributed by atoms with Crippen molar-refractivity contribution in [1.82, 2.24) is 0 Å². The van der Waals surface area contributed by atoms with Crippen LogP contribution in [0.1, 0.15) is 24.8 Å². The van der Waals surface area contributed by atoms with Gasteiger partial charge in [0.15, 0.2) is 5.79 Å². The van der Waals surface area contributed by atoms with Crippen molar-refractivity contribution in [3.8, 4) is 0 Å². The molecule has 3 atom stereocenters.